The van der Waals surface area contributed by atoms with Gasteiger partial charge in [0.1, 0.15) is 5.75 Å². The maximum Gasteiger partial charge on any atom is 0.123 e. The third kappa shape index (κ3) is 4.11. The molecular formula is C18H26N2O. The van der Waals surface area contributed by atoms with Crippen LogP contribution in [0.3, 0.4) is 0 Å². The monoisotopic (exact) mass is 286 g/mol. The first-order valence-electron chi connectivity index (χ1n) is 7.79. The zero-order valence-electron chi connectivity index (χ0n) is 13.3. The number of methoxy groups -OCH3 is 1. The highest BCUT2D eigenvalue weighted by molar-refractivity contribution is 5.35. The number of hydrogen-bond donors (Lipinski definition) is 1. The lowest BCUT2D eigenvalue weighted by molar-refractivity contribution is 0.396. The van der Waals surface area contributed by atoms with Crippen molar-refractivity contribution in [3.63, 3.8) is 0 Å². The first-order chi connectivity index (χ1) is 10.3. The lowest BCUT2D eigenvalue weighted by Gasteiger charge is -2.19. The summed E-state index contributed by atoms with van der Waals surface area (Å²) in [5.41, 5.74) is 2.56. The van der Waals surface area contributed by atoms with Gasteiger partial charge in [-0.15, -0.1) is 0 Å². The molecule has 3 heteroatoms. The topological polar surface area (TPSA) is 26.2 Å². The van der Waals surface area contributed by atoms with E-state index < -0.39 is 0 Å². The van der Waals surface area contributed by atoms with E-state index >= 15 is 0 Å². The number of para-hydroxylation sites is 1. The number of aromatic nitrogens is 1. The molecule has 2 aromatic rings. The van der Waals surface area contributed by atoms with E-state index in [2.05, 4.69) is 54.3 Å². The Bertz CT molecular complexity index is 548. The summed E-state index contributed by atoms with van der Waals surface area (Å²) in [4.78, 5) is 0. The summed E-state index contributed by atoms with van der Waals surface area (Å²) in [6.45, 7) is 6.37. The quantitative estimate of drug-likeness (QED) is 0.789. The summed E-state index contributed by atoms with van der Waals surface area (Å²) >= 11 is 0. The van der Waals surface area contributed by atoms with E-state index in [-0.39, 0.29) is 0 Å². The number of rotatable bonds is 8. The van der Waals surface area contributed by atoms with Crippen molar-refractivity contribution in [1.82, 2.24) is 9.88 Å². The highest BCUT2D eigenvalue weighted by Crippen LogP contribution is 2.27. The van der Waals surface area contributed by atoms with E-state index in [0.717, 1.165) is 25.3 Å². The van der Waals surface area contributed by atoms with Crippen LogP contribution in [0, 0.1) is 0 Å². The van der Waals surface area contributed by atoms with Gasteiger partial charge in [-0.2, -0.15) is 0 Å². The van der Waals surface area contributed by atoms with Crippen molar-refractivity contribution in [3.05, 3.63) is 53.9 Å². The van der Waals surface area contributed by atoms with Gasteiger partial charge in [0.15, 0.2) is 0 Å². The van der Waals surface area contributed by atoms with Crippen molar-refractivity contribution in [2.45, 2.75) is 45.8 Å². The maximum atomic E-state index is 5.47. The van der Waals surface area contributed by atoms with E-state index in [1.165, 1.54) is 17.5 Å². The van der Waals surface area contributed by atoms with Crippen LogP contribution in [0.4, 0.5) is 0 Å². The molecule has 0 bridgehead atoms. The third-order valence-corrected chi connectivity index (χ3v) is 3.77. The summed E-state index contributed by atoms with van der Waals surface area (Å²) in [7, 11) is 1.73. The molecule has 0 aliphatic carbocycles. The van der Waals surface area contributed by atoms with Crippen LogP contribution in [-0.2, 0) is 13.1 Å². The fraction of sp³-hybridized carbons (Fsp3) is 0.444. The van der Waals surface area contributed by atoms with Crippen molar-refractivity contribution in [2.75, 3.05) is 7.11 Å². The molecular weight excluding hydrogens is 260 g/mol. The number of ether oxygens (including phenoxy) is 1. The van der Waals surface area contributed by atoms with Crippen molar-refractivity contribution in [1.29, 1.82) is 0 Å². The lowest BCUT2D eigenvalue weighted by atomic mass is 10.0. The van der Waals surface area contributed by atoms with Crippen molar-refractivity contribution in [3.8, 4) is 5.75 Å². The minimum atomic E-state index is 0.315. The van der Waals surface area contributed by atoms with Crippen LogP contribution < -0.4 is 10.1 Å². The first kappa shape index (κ1) is 15.6. The Kier molecular flexibility index (Phi) is 5.88. The molecule has 1 unspecified atom stereocenters. The molecule has 0 saturated heterocycles. The number of nitrogens with one attached hydrogen (secondary N) is 1. The van der Waals surface area contributed by atoms with Crippen molar-refractivity contribution < 1.29 is 4.74 Å². The van der Waals surface area contributed by atoms with Gasteiger partial charge in [-0.1, -0.05) is 32.0 Å². The Morgan fingerprint density at radius 1 is 1.19 bits per heavy atom. The second-order valence-electron chi connectivity index (χ2n) is 5.34. The first-order valence-corrected chi connectivity index (χ1v) is 7.79. The largest absolute Gasteiger partial charge is 0.496 e. The van der Waals surface area contributed by atoms with E-state index in [1.54, 1.807) is 7.11 Å². The Morgan fingerprint density at radius 2 is 2.00 bits per heavy atom. The highest BCUT2D eigenvalue weighted by atomic mass is 16.5. The molecule has 3 nitrogen and oxygen atoms in total. The third-order valence-electron chi connectivity index (χ3n) is 3.77. The molecule has 0 spiro atoms. The zero-order valence-corrected chi connectivity index (χ0v) is 13.3. The normalized spacial score (nSPS) is 12.3. The molecule has 2 rings (SSSR count). The fourth-order valence-electron chi connectivity index (χ4n) is 2.66. The van der Waals surface area contributed by atoms with Crippen LogP contribution in [-0.4, -0.2) is 11.7 Å². The van der Waals surface area contributed by atoms with Gasteiger partial charge in [-0.3, -0.25) is 0 Å². The number of benzene rings is 1. The van der Waals surface area contributed by atoms with Crippen molar-refractivity contribution in [2.24, 2.45) is 0 Å². The average molecular weight is 286 g/mol. The van der Waals surface area contributed by atoms with Crippen LogP contribution in [0.5, 0.6) is 5.75 Å². The van der Waals surface area contributed by atoms with Gasteiger partial charge in [-0.05, 0) is 30.5 Å². The summed E-state index contributed by atoms with van der Waals surface area (Å²) < 4.78 is 7.72. The molecule has 1 aromatic heterocycles. The van der Waals surface area contributed by atoms with Gasteiger partial charge < -0.3 is 14.6 Å². The molecule has 0 aliphatic rings. The fourth-order valence-corrected chi connectivity index (χ4v) is 2.66. The molecule has 21 heavy (non-hydrogen) atoms. The summed E-state index contributed by atoms with van der Waals surface area (Å²) in [6, 6.07) is 10.8. The zero-order chi connectivity index (χ0) is 15.1. The van der Waals surface area contributed by atoms with E-state index in [9.17, 15) is 0 Å². The minimum absolute atomic E-state index is 0.315. The Hall–Kier alpha value is -1.74. The lowest BCUT2D eigenvalue weighted by Crippen LogP contribution is -2.20. The molecule has 1 aromatic carbocycles. The van der Waals surface area contributed by atoms with Crippen LogP contribution in [0.15, 0.2) is 42.7 Å². The predicted octanol–water partition coefficient (Wildman–Crippen LogP) is 4.15. The molecule has 0 amide bonds. The Balaban J connectivity index is 2.01. The Labute approximate surface area is 127 Å². The maximum absolute atomic E-state index is 5.47. The smallest absolute Gasteiger partial charge is 0.123 e. The number of aryl methyl sites for hydroxylation is 1. The summed E-state index contributed by atoms with van der Waals surface area (Å²) in [5, 5.41) is 3.64. The molecule has 1 heterocycles. The van der Waals surface area contributed by atoms with E-state index in [1.807, 2.05) is 12.1 Å². The standard InChI is InChI=1S/C18H26N2O/c1-4-11-20-12-10-15(14-20)13-19-17(5-2)16-8-6-7-9-18(16)21-3/h6-10,12,14,17,19H,4-5,11,13H2,1-3H3. The van der Waals surface area contributed by atoms with Crippen LogP contribution in [0.1, 0.15) is 43.9 Å². The van der Waals surface area contributed by atoms with Gasteiger partial charge >= 0.3 is 0 Å². The molecule has 114 valence electrons. The minimum Gasteiger partial charge on any atom is -0.496 e. The van der Waals surface area contributed by atoms with Crippen molar-refractivity contribution >= 4 is 0 Å². The number of nitrogens with zero attached hydrogens (tertiary/aromatic N) is 1. The summed E-state index contributed by atoms with van der Waals surface area (Å²) in [6.07, 6.45) is 6.59. The predicted molar refractivity (Wildman–Crippen MR) is 87.6 cm³/mol. The second-order valence-corrected chi connectivity index (χ2v) is 5.34. The second kappa shape index (κ2) is 7.89. The SMILES string of the molecule is CCCn1ccc(CNC(CC)c2ccccc2OC)c1. The molecule has 0 saturated carbocycles. The van der Waals surface area contributed by atoms with Gasteiger partial charge in [0, 0.05) is 37.1 Å². The molecule has 1 N–H and O–H groups in total. The van der Waals surface area contributed by atoms with E-state index in [0.29, 0.717) is 6.04 Å². The molecule has 1 atom stereocenters. The van der Waals surface area contributed by atoms with Gasteiger partial charge in [-0.25, -0.2) is 0 Å². The summed E-state index contributed by atoms with van der Waals surface area (Å²) in [5.74, 6) is 0.959. The van der Waals surface area contributed by atoms with E-state index in [4.69, 9.17) is 4.74 Å². The van der Waals surface area contributed by atoms with Crippen LogP contribution in [0.2, 0.25) is 0 Å². The van der Waals surface area contributed by atoms with Crippen LogP contribution in [0.25, 0.3) is 0 Å². The number of hydrogen-bond acceptors (Lipinski definition) is 2. The average Bonchev–Trinajstić information content (AvgIpc) is 2.96. The van der Waals surface area contributed by atoms with Crippen LogP contribution >= 0.6 is 0 Å². The molecule has 0 aliphatic heterocycles. The van der Waals surface area contributed by atoms with Gasteiger partial charge in [0.2, 0.25) is 0 Å². The molecule has 0 radical (unpaired) electrons. The van der Waals surface area contributed by atoms with Gasteiger partial charge in [0.05, 0.1) is 7.11 Å². The van der Waals surface area contributed by atoms with Gasteiger partial charge in [0.25, 0.3) is 0 Å². The molecule has 0 fully saturated rings. The Morgan fingerprint density at radius 3 is 2.71 bits per heavy atom. The highest BCUT2D eigenvalue weighted by Gasteiger charge is 2.13.